The van der Waals surface area contributed by atoms with Crippen LogP contribution in [0.25, 0.3) is 0 Å². The number of nitrogens with zero attached hydrogens (tertiary/aromatic N) is 1. The van der Waals surface area contributed by atoms with Crippen LogP contribution in [-0.2, 0) is 0 Å². The number of hydrogen-bond donors (Lipinski definition) is 1. The molecule has 1 rings (SSSR count). The van der Waals surface area contributed by atoms with E-state index in [0.717, 1.165) is 5.56 Å². The topological polar surface area (TPSA) is 61.1 Å². The molecule has 0 unspecified atom stereocenters. The molecule has 1 aromatic rings. The summed E-state index contributed by atoms with van der Waals surface area (Å²) < 4.78 is 0. The minimum absolute atomic E-state index is 0.0127. The van der Waals surface area contributed by atoms with Crippen LogP contribution in [-0.4, -0.2) is 16.8 Å². The van der Waals surface area contributed by atoms with E-state index in [1.807, 2.05) is 0 Å². The molecule has 0 aliphatic heterocycles. The Labute approximate surface area is 86.5 Å². The Balaban J connectivity index is 3.41. The maximum absolute atomic E-state index is 11.3. The lowest BCUT2D eigenvalue weighted by Crippen LogP contribution is -2.04. The van der Waals surface area contributed by atoms with E-state index in [9.17, 15) is 9.90 Å². The molecule has 0 bridgehead atoms. The van der Waals surface area contributed by atoms with Gasteiger partial charge in [0.15, 0.2) is 5.78 Å². The van der Waals surface area contributed by atoms with Gasteiger partial charge < -0.3 is 5.11 Å². The first-order chi connectivity index (χ1) is 6.60. The largest absolute Gasteiger partial charge is 0.507 e. The molecule has 0 atom stereocenters. The first-order valence-electron chi connectivity index (χ1n) is 3.93. The van der Waals surface area contributed by atoms with Gasteiger partial charge in [-0.2, -0.15) is 5.26 Å². The van der Waals surface area contributed by atoms with Gasteiger partial charge in [-0.25, -0.2) is 0 Å². The summed E-state index contributed by atoms with van der Waals surface area (Å²) in [5, 5.41) is 18.1. The van der Waals surface area contributed by atoms with E-state index in [4.69, 9.17) is 16.9 Å². The normalized spacial score (nSPS) is 9.50. The molecule has 0 aliphatic rings. The van der Waals surface area contributed by atoms with E-state index >= 15 is 0 Å². The van der Waals surface area contributed by atoms with Crippen LogP contribution in [0, 0.1) is 18.3 Å². The number of aryl methyl sites for hydroxylation is 1. The Bertz CT molecular complexity index is 421. The van der Waals surface area contributed by atoms with Crippen LogP contribution in [0.15, 0.2) is 12.1 Å². The summed E-state index contributed by atoms with van der Waals surface area (Å²) >= 11 is 5.38. The number of ketones is 1. The molecule has 4 heteroatoms. The first kappa shape index (κ1) is 10.6. The van der Waals surface area contributed by atoms with E-state index < -0.39 is 0 Å². The molecular weight excluding hydrogens is 202 g/mol. The molecule has 0 heterocycles. The highest BCUT2D eigenvalue weighted by Gasteiger charge is 2.14. The van der Waals surface area contributed by atoms with Gasteiger partial charge in [-0.3, -0.25) is 4.79 Å². The van der Waals surface area contributed by atoms with Crippen molar-refractivity contribution in [2.45, 2.75) is 6.92 Å². The van der Waals surface area contributed by atoms with Crippen molar-refractivity contribution < 1.29 is 9.90 Å². The maximum Gasteiger partial charge on any atom is 0.179 e. The minimum Gasteiger partial charge on any atom is -0.507 e. The summed E-state index contributed by atoms with van der Waals surface area (Å²) in [5.74, 6) is -0.736. The smallest absolute Gasteiger partial charge is 0.179 e. The van der Waals surface area contributed by atoms with Gasteiger partial charge in [0.25, 0.3) is 0 Å². The van der Waals surface area contributed by atoms with Crippen molar-refractivity contribution in [3.8, 4) is 11.8 Å². The van der Waals surface area contributed by atoms with Gasteiger partial charge in [0.05, 0.1) is 5.88 Å². The summed E-state index contributed by atoms with van der Waals surface area (Å²) in [5.41, 5.74) is 0.885. The number of phenols is 1. The Morgan fingerprint density at radius 1 is 1.64 bits per heavy atom. The fourth-order valence-corrected chi connectivity index (χ4v) is 1.32. The van der Waals surface area contributed by atoms with Crippen LogP contribution in [0.2, 0.25) is 0 Å². The summed E-state index contributed by atoms with van der Waals surface area (Å²) in [7, 11) is 0. The molecule has 0 fully saturated rings. The molecule has 0 radical (unpaired) electrons. The Kier molecular flexibility index (Phi) is 3.10. The Hall–Kier alpha value is -1.53. The lowest BCUT2D eigenvalue weighted by atomic mass is 10.0. The van der Waals surface area contributed by atoms with Crippen LogP contribution in [0.1, 0.15) is 21.5 Å². The molecule has 14 heavy (non-hydrogen) atoms. The summed E-state index contributed by atoms with van der Waals surface area (Å²) in [6, 6.07) is 4.76. The molecule has 0 amide bonds. The van der Waals surface area contributed by atoms with Crippen molar-refractivity contribution in [3.63, 3.8) is 0 Å². The maximum atomic E-state index is 11.3. The average molecular weight is 210 g/mol. The van der Waals surface area contributed by atoms with Crippen LogP contribution in [0.5, 0.6) is 5.75 Å². The molecule has 1 aromatic carbocycles. The van der Waals surface area contributed by atoms with Gasteiger partial charge in [-0.05, 0) is 24.6 Å². The Morgan fingerprint density at radius 2 is 2.29 bits per heavy atom. The molecule has 3 nitrogen and oxygen atoms in total. The molecule has 72 valence electrons. The minimum atomic E-state index is -0.359. The summed E-state index contributed by atoms with van der Waals surface area (Å²) in [6.45, 7) is 1.73. The van der Waals surface area contributed by atoms with Crippen LogP contribution in [0.3, 0.4) is 0 Å². The van der Waals surface area contributed by atoms with Crippen molar-refractivity contribution in [2.24, 2.45) is 0 Å². The summed E-state index contributed by atoms with van der Waals surface area (Å²) in [6.07, 6.45) is 0. The molecular formula is C10H8ClNO2. The predicted octanol–water partition coefficient (Wildman–Crippen LogP) is 1.99. The molecule has 0 saturated heterocycles. The van der Waals surface area contributed by atoms with Crippen LogP contribution in [0.4, 0.5) is 0 Å². The third kappa shape index (κ3) is 1.86. The Morgan fingerprint density at radius 3 is 2.79 bits per heavy atom. The van der Waals surface area contributed by atoms with Crippen molar-refractivity contribution >= 4 is 17.4 Å². The third-order valence-corrected chi connectivity index (χ3v) is 2.04. The fraction of sp³-hybridized carbons (Fsp3) is 0.200. The number of aromatic hydroxyl groups is 1. The number of nitriles is 1. The van der Waals surface area contributed by atoms with Gasteiger partial charge in [-0.1, -0.05) is 0 Å². The highest BCUT2D eigenvalue weighted by molar-refractivity contribution is 6.30. The third-order valence-electron chi connectivity index (χ3n) is 1.80. The van der Waals surface area contributed by atoms with Crippen LogP contribution >= 0.6 is 11.6 Å². The number of halogens is 1. The average Bonchev–Trinajstić information content (AvgIpc) is 2.15. The van der Waals surface area contributed by atoms with Crippen molar-refractivity contribution in [1.29, 1.82) is 5.26 Å². The number of Topliss-reactive ketones (excluding diaryl/α,β-unsaturated/α-hetero) is 1. The molecule has 0 aromatic heterocycles. The number of carbonyl (C=O) groups is 1. The lowest BCUT2D eigenvalue weighted by Gasteiger charge is -2.04. The standard InChI is InChI=1S/C10H8ClNO2/c1-6-2-7(10(14)4-11)8(5-12)9(13)3-6/h2-3,13H,4H2,1H3. The van der Waals surface area contributed by atoms with E-state index in [2.05, 4.69) is 0 Å². The van der Waals surface area contributed by atoms with Crippen LogP contribution < -0.4 is 0 Å². The van der Waals surface area contributed by atoms with Gasteiger partial charge in [0, 0.05) is 5.56 Å². The predicted molar refractivity (Wildman–Crippen MR) is 52.6 cm³/mol. The van der Waals surface area contributed by atoms with Crippen molar-refractivity contribution in [3.05, 3.63) is 28.8 Å². The number of hydrogen-bond acceptors (Lipinski definition) is 3. The fourth-order valence-electron chi connectivity index (χ4n) is 1.18. The second kappa shape index (κ2) is 4.12. The zero-order valence-corrected chi connectivity index (χ0v) is 8.30. The summed E-state index contributed by atoms with van der Waals surface area (Å²) in [4.78, 5) is 11.3. The second-order valence-electron chi connectivity index (χ2n) is 2.88. The number of alkyl halides is 1. The first-order valence-corrected chi connectivity index (χ1v) is 4.46. The van der Waals surface area contributed by atoms with E-state index in [0.29, 0.717) is 0 Å². The zero-order chi connectivity index (χ0) is 10.7. The van der Waals surface area contributed by atoms with Gasteiger partial charge in [0.1, 0.15) is 17.4 Å². The zero-order valence-electron chi connectivity index (χ0n) is 7.54. The number of benzene rings is 1. The number of carbonyl (C=O) groups excluding carboxylic acids is 1. The van der Waals surface area contributed by atoms with Crippen molar-refractivity contribution in [2.75, 3.05) is 5.88 Å². The molecule has 0 spiro atoms. The molecule has 0 aliphatic carbocycles. The van der Waals surface area contributed by atoms with E-state index in [1.54, 1.807) is 19.1 Å². The monoisotopic (exact) mass is 209 g/mol. The van der Waals surface area contributed by atoms with Crippen molar-refractivity contribution in [1.82, 2.24) is 0 Å². The quantitative estimate of drug-likeness (QED) is 0.599. The molecule has 1 N–H and O–H groups in total. The highest BCUT2D eigenvalue weighted by atomic mass is 35.5. The number of rotatable bonds is 2. The SMILES string of the molecule is Cc1cc(O)c(C#N)c(C(=O)CCl)c1. The lowest BCUT2D eigenvalue weighted by molar-refractivity contribution is 0.102. The van der Waals surface area contributed by atoms with Gasteiger partial charge in [0.2, 0.25) is 0 Å². The highest BCUT2D eigenvalue weighted by Crippen LogP contribution is 2.23. The van der Waals surface area contributed by atoms with Gasteiger partial charge >= 0.3 is 0 Å². The van der Waals surface area contributed by atoms with Gasteiger partial charge in [-0.15, -0.1) is 11.6 Å². The van der Waals surface area contributed by atoms with E-state index in [-0.39, 0.29) is 28.5 Å². The second-order valence-corrected chi connectivity index (χ2v) is 3.14. The van der Waals surface area contributed by atoms with E-state index in [1.165, 1.54) is 6.07 Å². The number of phenolic OH excluding ortho intramolecular Hbond substituents is 1. The molecule has 0 saturated carbocycles.